The molecule has 0 radical (unpaired) electrons. The zero-order chi connectivity index (χ0) is 19.4. The minimum Gasteiger partial charge on any atom is -0.455 e. The number of halogens is 2. The maximum Gasteiger partial charge on any atom is 0.311 e. The van der Waals surface area contributed by atoms with Crippen LogP contribution >= 0.6 is 11.6 Å². The van der Waals surface area contributed by atoms with Crippen LogP contribution in [0, 0.1) is 11.7 Å². The number of benzene rings is 2. The molecule has 0 spiro atoms. The lowest BCUT2D eigenvalue weighted by atomic mass is 10.1. The molecule has 0 unspecified atom stereocenters. The second-order valence-electron chi connectivity index (χ2n) is 6.05. The fourth-order valence-electron chi connectivity index (χ4n) is 2.75. The molecule has 0 bridgehead atoms. The Kier molecular flexibility index (Phi) is 5.71. The Morgan fingerprint density at radius 2 is 1.96 bits per heavy atom. The molecule has 3 rings (SSSR count). The number of hydrogen-bond acceptors (Lipinski definition) is 4. The second-order valence-corrected chi connectivity index (χ2v) is 6.48. The lowest BCUT2D eigenvalue weighted by molar-refractivity contribution is -0.151. The SMILES string of the molecule is O=C(COC(=O)[C@@H]1CC(=O)N(c2ccc(F)cc2)C1)Nc1cccc(Cl)c1. The molecule has 2 aromatic carbocycles. The van der Waals surface area contributed by atoms with Crippen LogP contribution in [-0.2, 0) is 19.1 Å². The van der Waals surface area contributed by atoms with Crippen molar-refractivity contribution in [3.63, 3.8) is 0 Å². The van der Waals surface area contributed by atoms with Gasteiger partial charge in [-0.05, 0) is 42.5 Å². The highest BCUT2D eigenvalue weighted by molar-refractivity contribution is 6.30. The second kappa shape index (κ2) is 8.18. The van der Waals surface area contributed by atoms with E-state index < -0.39 is 30.2 Å². The summed E-state index contributed by atoms with van der Waals surface area (Å²) in [5.41, 5.74) is 0.998. The number of carbonyl (C=O) groups excluding carboxylic acids is 3. The van der Waals surface area contributed by atoms with Crippen molar-refractivity contribution in [3.05, 3.63) is 59.4 Å². The quantitative estimate of drug-likeness (QED) is 0.796. The summed E-state index contributed by atoms with van der Waals surface area (Å²) < 4.78 is 18.0. The van der Waals surface area contributed by atoms with Crippen molar-refractivity contribution in [3.8, 4) is 0 Å². The van der Waals surface area contributed by atoms with Crippen LogP contribution in [-0.4, -0.2) is 30.9 Å². The molecule has 27 heavy (non-hydrogen) atoms. The van der Waals surface area contributed by atoms with Gasteiger partial charge in [0.1, 0.15) is 5.82 Å². The summed E-state index contributed by atoms with van der Waals surface area (Å²) in [5.74, 6) is -2.49. The molecule has 1 heterocycles. The molecule has 140 valence electrons. The minimum absolute atomic E-state index is 0.0217. The van der Waals surface area contributed by atoms with Crippen molar-refractivity contribution in [1.29, 1.82) is 0 Å². The average Bonchev–Trinajstić information content (AvgIpc) is 3.02. The first kappa shape index (κ1) is 18.8. The van der Waals surface area contributed by atoms with Gasteiger partial charge in [0, 0.05) is 29.4 Å². The van der Waals surface area contributed by atoms with Gasteiger partial charge in [0.15, 0.2) is 6.61 Å². The Labute approximate surface area is 159 Å². The van der Waals surface area contributed by atoms with Gasteiger partial charge in [-0.2, -0.15) is 0 Å². The summed E-state index contributed by atoms with van der Waals surface area (Å²) in [5, 5.41) is 3.03. The number of rotatable bonds is 5. The van der Waals surface area contributed by atoms with Gasteiger partial charge in [-0.3, -0.25) is 14.4 Å². The molecule has 6 nitrogen and oxygen atoms in total. The third-order valence-corrected chi connectivity index (χ3v) is 4.29. The molecule has 1 aliphatic heterocycles. The van der Waals surface area contributed by atoms with Gasteiger partial charge in [0.2, 0.25) is 5.91 Å². The van der Waals surface area contributed by atoms with Crippen LogP contribution in [0.15, 0.2) is 48.5 Å². The Morgan fingerprint density at radius 3 is 2.67 bits per heavy atom. The third kappa shape index (κ3) is 4.83. The highest BCUT2D eigenvalue weighted by Crippen LogP contribution is 2.26. The summed E-state index contributed by atoms with van der Waals surface area (Å²) in [6.07, 6.45) is -0.0217. The van der Waals surface area contributed by atoms with E-state index in [0.29, 0.717) is 16.4 Å². The Hall–Kier alpha value is -2.93. The molecule has 1 N–H and O–H groups in total. The van der Waals surface area contributed by atoms with Gasteiger partial charge in [-0.25, -0.2) is 4.39 Å². The predicted molar refractivity (Wildman–Crippen MR) is 97.9 cm³/mol. The van der Waals surface area contributed by atoms with E-state index in [2.05, 4.69) is 5.32 Å². The molecular weight excluding hydrogens is 375 g/mol. The molecular formula is C19H16ClFN2O4. The zero-order valence-electron chi connectivity index (χ0n) is 14.2. The van der Waals surface area contributed by atoms with Crippen LogP contribution < -0.4 is 10.2 Å². The van der Waals surface area contributed by atoms with Crippen molar-refractivity contribution in [1.82, 2.24) is 0 Å². The number of esters is 1. The largest absolute Gasteiger partial charge is 0.455 e. The van der Waals surface area contributed by atoms with Gasteiger partial charge in [-0.15, -0.1) is 0 Å². The number of hydrogen-bond donors (Lipinski definition) is 1. The van der Waals surface area contributed by atoms with Crippen LogP contribution in [0.4, 0.5) is 15.8 Å². The van der Waals surface area contributed by atoms with Crippen LogP contribution in [0.25, 0.3) is 0 Å². The number of anilines is 2. The van der Waals surface area contributed by atoms with Crippen molar-refractivity contribution >= 4 is 40.8 Å². The fourth-order valence-corrected chi connectivity index (χ4v) is 2.94. The smallest absolute Gasteiger partial charge is 0.311 e. The molecule has 1 saturated heterocycles. The summed E-state index contributed by atoms with van der Waals surface area (Å²) in [6, 6.07) is 12.0. The molecule has 0 saturated carbocycles. The Bertz CT molecular complexity index is 872. The van der Waals surface area contributed by atoms with Gasteiger partial charge in [0.25, 0.3) is 5.91 Å². The Balaban J connectivity index is 1.52. The first-order valence-electron chi connectivity index (χ1n) is 8.20. The molecule has 8 heteroatoms. The lowest BCUT2D eigenvalue weighted by Crippen LogP contribution is -2.28. The van der Waals surface area contributed by atoms with Crippen LogP contribution in [0.3, 0.4) is 0 Å². The van der Waals surface area contributed by atoms with Gasteiger partial charge >= 0.3 is 5.97 Å². The van der Waals surface area contributed by atoms with Gasteiger partial charge in [0.05, 0.1) is 5.92 Å². The molecule has 1 atom stereocenters. The predicted octanol–water partition coefficient (Wildman–Crippen LogP) is 3.01. The molecule has 1 aliphatic rings. The standard InChI is InChI=1S/C19H16ClFN2O4/c20-13-2-1-3-15(9-13)22-17(24)11-27-19(26)12-8-18(25)23(10-12)16-6-4-14(21)5-7-16/h1-7,9,12H,8,10-11H2,(H,22,24)/t12-/m1/s1. The topological polar surface area (TPSA) is 75.7 Å². The van der Waals surface area contributed by atoms with E-state index in [4.69, 9.17) is 16.3 Å². The van der Waals surface area contributed by atoms with Crippen molar-refractivity contribution in [2.45, 2.75) is 6.42 Å². The van der Waals surface area contributed by atoms with E-state index >= 15 is 0 Å². The molecule has 2 amide bonds. The zero-order valence-corrected chi connectivity index (χ0v) is 14.9. The highest BCUT2D eigenvalue weighted by atomic mass is 35.5. The Morgan fingerprint density at radius 1 is 1.22 bits per heavy atom. The summed E-state index contributed by atoms with van der Waals surface area (Å²) in [7, 11) is 0. The monoisotopic (exact) mass is 390 g/mol. The maximum absolute atomic E-state index is 13.0. The van der Waals surface area contributed by atoms with E-state index in [1.165, 1.54) is 29.2 Å². The van der Waals surface area contributed by atoms with Gasteiger partial charge < -0.3 is 15.0 Å². The summed E-state index contributed by atoms with van der Waals surface area (Å²) >= 11 is 5.83. The third-order valence-electron chi connectivity index (χ3n) is 4.05. The number of nitrogens with one attached hydrogen (secondary N) is 1. The van der Waals surface area contributed by atoms with E-state index in [9.17, 15) is 18.8 Å². The summed E-state index contributed by atoms with van der Waals surface area (Å²) in [6.45, 7) is -0.341. The normalized spacial score (nSPS) is 16.3. The molecule has 1 fully saturated rings. The number of carbonyl (C=O) groups is 3. The van der Waals surface area contributed by atoms with E-state index in [1.807, 2.05) is 0 Å². The number of ether oxygens (including phenoxy) is 1. The van der Waals surface area contributed by atoms with E-state index in [-0.39, 0.29) is 18.9 Å². The maximum atomic E-state index is 13.0. The molecule has 0 aliphatic carbocycles. The minimum atomic E-state index is -0.679. The first-order chi connectivity index (χ1) is 12.9. The van der Waals surface area contributed by atoms with Crippen molar-refractivity contribution in [2.75, 3.05) is 23.4 Å². The number of nitrogens with zero attached hydrogens (tertiary/aromatic N) is 1. The fraction of sp³-hybridized carbons (Fsp3) is 0.211. The van der Waals surface area contributed by atoms with Crippen molar-refractivity contribution in [2.24, 2.45) is 5.92 Å². The van der Waals surface area contributed by atoms with E-state index in [1.54, 1.807) is 24.3 Å². The average molecular weight is 391 g/mol. The van der Waals surface area contributed by atoms with E-state index in [0.717, 1.165) is 0 Å². The first-order valence-corrected chi connectivity index (χ1v) is 8.58. The van der Waals surface area contributed by atoms with Crippen LogP contribution in [0.2, 0.25) is 5.02 Å². The van der Waals surface area contributed by atoms with Crippen molar-refractivity contribution < 1.29 is 23.5 Å². The molecule has 2 aromatic rings. The summed E-state index contributed by atoms with van der Waals surface area (Å²) in [4.78, 5) is 37.6. The lowest BCUT2D eigenvalue weighted by Gasteiger charge is -2.16. The molecule has 0 aromatic heterocycles. The van der Waals surface area contributed by atoms with Gasteiger partial charge in [-0.1, -0.05) is 17.7 Å². The highest BCUT2D eigenvalue weighted by Gasteiger charge is 2.36. The van der Waals surface area contributed by atoms with Crippen LogP contribution in [0.1, 0.15) is 6.42 Å². The van der Waals surface area contributed by atoms with Crippen LogP contribution in [0.5, 0.6) is 0 Å². The number of amides is 2.